The second-order valence-electron chi connectivity index (χ2n) is 8.37. The zero-order chi connectivity index (χ0) is 18.1. The van der Waals surface area contributed by atoms with E-state index in [4.69, 9.17) is 4.43 Å². The zero-order valence-electron chi connectivity index (χ0n) is 15.8. The normalized spacial score (nSPS) is 21.8. The molecule has 0 saturated heterocycles. The molecular weight excluding hydrogens is 324 g/mol. The molecule has 1 aliphatic rings. The Morgan fingerprint density at radius 1 is 1.00 bits per heavy atom. The van der Waals surface area contributed by atoms with E-state index in [1.54, 1.807) is 0 Å². The van der Waals surface area contributed by atoms with Crippen molar-refractivity contribution in [2.75, 3.05) is 6.61 Å². The van der Waals surface area contributed by atoms with Crippen molar-refractivity contribution in [3.05, 3.63) is 60.7 Å². The molecule has 2 nitrogen and oxygen atoms in total. The van der Waals surface area contributed by atoms with Crippen molar-refractivity contribution in [1.82, 2.24) is 0 Å². The van der Waals surface area contributed by atoms with Gasteiger partial charge < -0.3 is 9.53 Å². The van der Waals surface area contributed by atoms with Gasteiger partial charge in [-0.15, -0.1) is 0 Å². The topological polar surface area (TPSA) is 29.5 Å². The summed E-state index contributed by atoms with van der Waals surface area (Å²) in [5.41, 5.74) is 0. The van der Waals surface area contributed by atoms with Crippen molar-refractivity contribution >= 4 is 18.7 Å². The Hall–Kier alpha value is -1.42. The molecule has 0 unspecified atom stereocenters. The molecule has 3 heteroatoms. The fourth-order valence-electron chi connectivity index (χ4n) is 4.05. The highest BCUT2D eigenvalue weighted by Crippen LogP contribution is 2.44. The molecule has 25 heavy (non-hydrogen) atoms. The van der Waals surface area contributed by atoms with Crippen LogP contribution in [0.5, 0.6) is 0 Å². The Bertz CT molecular complexity index is 637. The van der Waals surface area contributed by atoms with Crippen LogP contribution in [-0.2, 0) is 4.43 Å². The highest BCUT2D eigenvalue weighted by Gasteiger charge is 2.52. The number of rotatable bonds is 6. The summed E-state index contributed by atoms with van der Waals surface area (Å²) in [6.07, 6.45) is 0.850. The van der Waals surface area contributed by atoms with Crippen LogP contribution in [0.3, 0.4) is 0 Å². The zero-order valence-corrected chi connectivity index (χ0v) is 16.8. The van der Waals surface area contributed by atoms with Crippen molar-refractivity contribution in [2.24, 2.45) is 11.8 Å². The van der Waals surface area contributed by atoms with E-state index in [0.29, 0.717) is 11.8 Å². The minimum absolute atomic E-state index is 0.0188. The van der Waals surface area contributed by atoms with Gasteiger partial charge in [-0.25, -0.2) is 0 Å². The van der Waals surface area contributed by atoms with Gasteiger partial charge in [-0.2, -0.15) is 0 Å². The lowest BCUT2D eigenvalue weighted by Gasteiger charge is -2.43. The third-order valence-corrected chi connectivity index (χ3v) is 10.5. The number of hydrogen-bond donors (Lipinski definition) is 1. The summed E-state index contributed by atoms with van der Waals surface area (Å²) in [5, 5.41) is 12.5. The van der Waals surface area contributed by atoms with E-state index < -0.39 is 8.32 Å². The smallest absolute Gasteiger partial charge is 0.261 e. The van der Waals surface area contributed by atoms with Gasteiger partial charge in [-0.1, -0.05) is 81.4 Å². The van der Waals surface area contributed by atoms with E-state index in [-0.39, 0.29) is 11.1 Å². The molecular formula is C22H30O2Si. The summed E-state index contributed by atoms with van der Waals surface area (Å²) in [7, 11) is -2.42. The van der Waals surface area contributed by atoms with Gasteiger partial charge in [0.25, 0.3) is 8.32 Å². The van der Waals surface area contributed by atoms with Crippen molar-refractivity contribution in [3.63, 3.8) is 0 Å². The van der Waals surface area contributed by atoms with Crippen molar-refractivity contribution in [2.45, 2.75) is 45.3 Å². The second-order valence-corrected chi connectivity index (χ2v) is 12.7. The maximum absolute atomic E-state index is 9.84. The molecule has 1 saturated carbocycles. The number of aliphatic hydroxyl groups is 1. The van der Waals surface area contributed by atoms with Crippen LogP contribution in [0.4, 0.5) is 0 Å². The van der Waals surface area contributed by atoms with Gasteiger partial charge >= 0.3 is 0 Å². The molecule has 0 radical (unpaired) electrons. The lowest BCUT2D eigenvalue weighted by molar-refractivity contribution is 0.155. The maximum atomic E-state index is 9.84. The average molecular weight is 355 g/mol. The predicted molar refractivity (Wildman–Crippen MR) is 107 cm³/mol. The summed E-state index contributed by atoms with van der Waals surface area (Å²) in [4.78, 5) is 0. The monoisotopic (exact) mass is 354 g/mol. The van der Waals surface area contributed by atoms with Gasteiger partial charge in [0.15, 0.2) is 0 Å². The molecule has 1 N–H and O–H groups in total. The molecule has 3 atom stereocenters. The SMILES string of the molecule is C[C@@H](O)[C@H]1C[C@H]1CO[Si](c1ccccc1)(c1ccccc1)C(C)(C)C. The summed E-state index contributed by atoms with van der Waals surface area (Å²) in [6.45, 7) is 9.55. The van der Waals surface area contributed by atoms with Crippen LogP contribution in [0, 0.1) is 11.8 Å². The van der Waals surface area contributed by atoms with Crippen molar-refractivity contribution in [3.8, 4) is 0 Å². The molecule has 3 rings (SSSR count). The molecule has 2 aromatic rings. The summed E-state index contributed by atoms with van der Waals surface area (Å²) < 4.78 is 6.90. The number of hydrogen-bond acceptors (Lipinski definition) is 2. The Morgan fingerprint density at radius 2 is 1.48 bits per heavy atom. The summed E-state index contributed by atoms with van der Waals surface area (Å²) in [5.74, 6) is 0.889. The van der Waals surface area contributed by atoms with Crippen LogP contribution in [0.15, 0.2) is 60.7 Å². The highest BCUT2D eigenvalue weighted by molar-refractivity contribution is 6.99. The van der Waals surface area contributed by atoms with E-state index in [9.17, 15) is 5.11 Å². The molecule has 0 spiro atoms. The molecule has 0 bridgehead atoms. The molecule has 1 aliphatic carbocycles. The molecule has 0 amide bonds. The lowest BCUT2D eigenvalue weighted by Crippen LogP contribution is -2.66. The van der Waals surface area contributed by atoms with Crippen LogP contribution in [0.2, 0.25) is 5.04 Å². The molecule has 2 aromatic carbocycles. The average Bonchev–Trinajstić information content (AvgIpc) is 3.36. The Kier molecular flexibility index (Phi) is 5.19. The van der Waals surface area contributed by atoms with Crippen LogP contribution in [-0.4, -0.2) is 26.1 Å². The van der Waals surface area contributed by atoms with Crippen LogP contribution in [0.25, 0.3) is 0 Å². The second kappa shape index (κ2) is 7.06. The first-order valence-electron chi connectivity index (χ1n) is 9.29. The fraction of sp³-hybridized carbons (Fsp3) is 0.455. The van der Waals surface area contributed by atoms with Crippen LogP contribution < -0.4 is 10.4 Å². The fourth-order valence-corrected chi connectivity index (χ4v) is 8.67. The first kappa shape index (κ1) is 18.4. The third kappa shape index (κ3) is 3.59. The van der Waals surface area contributed by atoms with Crippen LogP contribution in [0.1, 0.15) is 34.1 Å². The van der Waals surface area contributed by atoms with Gasteiger partial charge in [0.05, 0.1) is 6.10 Å². The van der Waals surface area contributed by atoms with E-state index >= 15 is 0 Å². The molecule has 0 aromatic heterocycles. The molecule has 134 valence electrons. The minimum atomic E-state index is -2.42. The van der Waals surface area contributed by atoms with Gasteiger partial charge in [-0.3, -0.25) is 0 Å². The number of benzene rings is 2. The highest BCUT2D eigenvalue weighted by atomic mass is 28.4. The van der Waals surface area contributed by atoms with Gasteiger partial charge in [-0.05, 0) is 40.6 Å². The van der Waals surface area contributed by atoms with E-state index in [0.717, 1.165) is 13.0 Å². The lowest BCUT2D eigenvalue weighted by atomic mass is 10.2. The molecule has 0 heterocycles. The largest absolute Gasteiger partial charge is 0.407 e. The minimum Gasteiger partial charge on any atom is -0.407 e. The third-order valence-electron chi connectivity index (χ3n) is 5.53. The molecule has 0 aliphatic heterocycles. The quantitative estimate of drug-likeness (QED) is 0.804. The maximum Gasteiger partial charge on any atom is 0.261 e. The first-order valence-corrected chi connectivity index (χ1v) is 11.2. The molecule has 1 fully saturated rings. The standard InChI is InChI=1S/C22H30O2Si/c1-17(23)21-15-18(21)16-24-25(22(2,3)4,19-11-7-5-8-12-19)20-13-9-6-10-14-20/h5-14,17-18,21,23H,15-16H2,1-4H3/t17-,18+,21-/m1/s1. The number of aliphatic hydroxyl groups excluding tert-OH is 1. The van der Waals surface area contributed by atoms with Crippen molar-refractivity contribution in [1.29, 1.82) is 0 Å². The van der Waals surface area contributed by atoms with Gasteiger partial charge in [0, 0.05) is 6.61 Å². The Labute approximate surface area is 153 Å². The first-order chi connectivity index (χ1) is 11.9. The van der Waals surface area contributed by atoms with Crippen molar-refractivity contribution < 1.29 is 9.53 Å². The Morgan fingerprint density at radius 3 is 1.84 bits per heavy atom. The van der Waals surface area contributed by atoms with E-state index in [1.165, 1.54) is 10.4 Å². The summed E-state index contributed by atoms with van der Waals surface area (Å²) in [6, 6.07) is 21.5. The summed E-state index contributed by atoms with van der Waals surface area (Å²) >= 11 is 0. The van der Waals surface area contributed by atoms with Gasteiger partial charge in [0.2, 0.25) is 0 Å². The Balaban J connectivity index is 2.00. The van der Waals surface area contributed by atoms with E-state index in [1.807, 2.05) is 6.92 Å². The van der Waals surface area contributed by atoms with Gasteiger partial charge in [0.1, 0.15) is 0 Å². The van der Waals surface area contributed by atoms with E-state index in [2.05, 4.69) is 81.4 Å². The van der Waals surface area contributed by atoms with Crippen LogP contribution >= 0.6 is 0 Å². The predicted octanol–water partition coefficient (Wildman–Crippen LogP) is 3.58.